The Morgan fingerprint density at radius 2 is 1.75 bits per heavy atom. The molecule has 2 aliphatic rings. The molecule has 4 atom stereocenters. The Hall–Kier alpha value is -0.700. The zero-order valence-electron chi connectivity index (χ0n) is 9.98. The van der Waals surface area contributed by atoms with Gasteiger partial charge in [0.2, 0.25) is 5.54 Å². The van der Waals surface area contributed by atoms with Crippen LogP contribution in [0.4, 0.5) is 26.3 Å². The highest BCUT2D eigenvalue weighted by atomic mass is 35.5. The van der Waals surface area contributed by atoms with Gasteiger partial charge in [-0.1, -0.05) is 0 Å². The minimum Gasteiger partial charge on any atom is -0.461 e. The van der Waals surface area contributed by atoms with Crippen LogP contribution in [0.1, 0.15) is 13.3 Å². The second-order valence-electron chi connectivity index (χ2n) is 4.91. The van der Waals surface area contributed by atoms with Crippen molar-refractivity contribution < 1.29 is 35.9 Å². The first-order valence-corrected chi connectivity index (χ1v) is 6.08. The number of fused-ring (bicyclic) bond motifs is 2. The molecule has 1 heterocycles. The van der Waals surface area contributed by atoms with Crippen LogP contribution in [0.2, 0.25) is 0 Å². The molecule has 1 aliphatic heterocycles. The van der Waals surface area contributed by atoms with Gasteiger partial charge in [0.05, 0.1) is 11.4 Å². The highest BCUT2D eigenvalue weighted by Gasteiger charge is 2.81. The number of halogens is 7. The van der Waals surface area contributed by atoms with Crippen LogP contribution in [-0.2, 0) is 9.53 Å². The van der Waals surface area contributed by atoms with Crippen LogP contribution in [0, 0.1) is 5.92 Å². The van der Waals surface area contributed by atoms with E-state index < -0.39 is 53.7 Å². The fourth-order valence-corrected chi connectivity index (χ4v) is 3.54. The van der Waals surface area contributed by atoms with E-state index in [1.165, 1.54) is 5.32 Å². The average Bonchev–Trinajstić information content (AvgIpc) is 2.66. The molecule has 0 radical (unpaired) electrons. The van der Waals surface area contributed by atoms with Gasteiger partial charge < -0.3 is 4.74 Å². The Bertz CT molecular complexity index is 409. The van der Waals surface area contributed by atoms with E-state index in [0.29, 0.717) is 0 Å². The van der Waals surface area contributed by atoms with Gasteiger partial charge in [-0.25, -0.2) is 0 Å². The lowest BCUT2D eigenvalue weighted by Gasteiger charge is -2.42. The largest absolute Gasteiger partial charge is 0.461 e. The summed E-state index contributed by atoms with van der Waals surface area (Å²) in [5.41, 5.74) is -4.05. The van der Waals surface area contributed by atoms with E-state index >= 15 is 0 Å². The molecular formula is C10H10ClF6NO2. The van der Waals surface area contributed by atoms with Crippen LogP contribution >= 0.6 is 11.6 Å². The molecule has 2 bridgehead atoms. The maximum atomic E-state index is 13.0. The molecule has 20 heavy (non-hydrogen) atoms. The Morgan fingerprint density at radius 3 is 2.05 bits per heavy atom. The minimum atomic E-state index is -5.54. The number of carbonyl (C=O) groups is 1. The van der Waals surface area contributed by atoms with Gasteiger partial charge in [-0.15, -0.1) is 11.6 Å². The molecule has 116 valence electrons. The third-order valence-electron chi connectivity index (χ3n) is 3.78. The van der Waals surface area contributed by atoms with Gasteiger partial charge in [0.1, 0.15) is 6.10 Å². The molecule has 1 aliphatic carbocycles. The third kappa shape index (κ3) is 1.97. The SMILES string of the molecule is CC(=O)O[C@H]1C[C@@H]2[C@H](Cl)[C@@H]1NC2(C(F)(F)F)C(F)(F)F. The van der Waals surface area contributed by atoms with Crippen molar-refractivity contribution in [2.75, 3.05) is 0 Å². The molecule has 2 rings (SSSR count). The molecule has 0 aromatic heterocycles. The van der Waals surface area contributed by atoms with Crippen LogP contribution in [0.25, 0.3) is 0 Å². The van der Waals surface area contributed by atoms with Crippen molar-refractivity contribution in [3.05, 3.63) is 0 Å². The number of esters is 1. The molecule has 2 fully saturated rings. The van der Waals surface area contributed by atoms with E-state index in [9.17, 15) is 31.1 Å². The number of alkyl halides is 7. The third-order valence-corrected chi connectivity index (χ3v) is 4.35. The molecule has 1 N–H and O–H groups in total. The Morgan fingerprint density at radius 1 is 1.25 bits per heavy atom. The summed E-state index contributed by atoms with van der Waals surface area (Å²) < 4.78 is 82.6. The summed E-state index contributed by atoms with van der Waals surface area (Å²) >= 11 is 5.70. The van der Waals surface area contributed by atoms with Gasteiger partial charge in [-0.3, -0.25) is 10.1 Å². The number of carbonyl (C=O) groups excluding carboxylic acids is 1. The molecule has 0 amide bonds. The number of hydrogen-bond donors (Lipinski definition) is 1. The molecule has 0 aromatic carbocycles. The lowest BCUT2D eigenvalue weighted by molar-refractivity contribution is -0.320. The highest BCUT2D eigenvalue weighted by molar-refractivity contribution is 6.22. The monoisotopic (exact) mass is 325 g/mol. The summed E-state index contributed by atoms with van der Waals surface area (Å²) in [7, 11) is 0. The topological polar surface area (TPSA) is 38.3 Å². The summed E-state index contributed by atoms with van der Waals surface area (Å²) in [5, 5.41) is 0.116. The van der Waals surface area contributed by atoms with Crippen LogP contribution in [-0.4, -0.2) is 41.4 Å². The Balaban J connectivity index is 2.37. The van der Waals surface area contributed by atoms with Gasteiger partial charge in [-0.2, -0.15) is 26.3 Å². The van der Waals surface area contributed by atoms with Gasteiger partial charge in [0.25, 0.3) is 0 Å². The van der Waals surface area contributed by atoms with Crippen molar-refractivity contribution in [2.45, 2.75) is 48.8 Å². The Labute approximate surface area is 114 Å². The molecule has 1 saturated heterocycles. The van der Waals surface area contributed by atoms with Crippen molar-refractivity contribution in [2.24, 2.45) is 5.92 Å². The first-order chi connectivity index (χ1) is 8.92. The number of rotatable bonds is 1. The predicted molar refractivity (Wildman–Crippen MR) is 55.1 cm³/mol. The normalized spacial score (nSPS) is 36.2. The maximum Gasteiger partial charge on any atom is 0.415 e. The van der Waals surface area contributed by atoms with Gasteiger partial charge >= 0.3 is 18.3 Å². The van der Waals surface area contributed by atoms with E-state index in [-0.39, 0.29) is 0 Å². The number of hydrogen-bond acceptors (Lipinski definition) is 3. The van der Waals surface area contributed by atoms with Crippen LogP contribution in [0.3, 0.4) is 0 Å². The van der Waals surface area contributed by atoms with Crippen molar-refractivity contribution in [1.82, 2.24) is 5.32 Å². The van der Waals surface area contributed by atoms with E-state index in [2.05, 4.69) is 0 Å². The fraction of sp³-hybridized carbons (Fsp3) is 0.900. The summed E-state index contributed by atoms with van der Waals surface area (Å²) in [6.07, 6.45) is -12.7. The maximum absolute atomic E-state index is 13.0. The first-order valence-electron chi connectivity index (χ1n) is 5.64. The first kappa shape index (κ1) is 15.7. The minimum absolute atomic E-state index is 0.579. The predicted octanol–water partition coefficient (Wildman–Crippen LogP) is 2.38. The summed E-state index contributed by atoms with van der Waals surface area (Å²) in [4.78, 5) is 10.8. The summed E-state index contributed by atoms with van der Waals surface area (Å²) in [5.74, 6) is -2.71. The van der Waals surface area contributed by atoms with Crippen LogP contribution in [0.5, 0.6) is 0 Å². The standard InChI is InChI=1S/C10H10ClF6NO2/c1-3(19)20-5-2-4-6(11)7(5)18-8(4,9(12,13)14)10(15,16)17/h4-7,18H,2H2,1H3/t4-,5+,6+,7-/m1/s1. The smallest absolute Gasteiger partial charge is 0.415 e. The molecular weight excluding hydrogens is 316 g/mol. The van der Waals surface area contributed by atoms with E-state index in [4.69, 9.17) is 16.3 Å². The molecule has 3 nitrogen and oxygen atoms in total. The molecule has 1 saturated carbocycles. The van der Waals surface area contributed by atoms with Crippen molar-refractivity contribution in [3.8, 4) is 0 Å². The van der Waals surface area contributed by atoms with E-state index in [1.807, 2.05) is 0 Å². The average molecular weight is 326 g/mol. The van der Waals surface area contributed by atoms with E-state index in [0.717, 1.165) is 6.92 Å². The number of ether oxygens (including phenoxy) is 1. The quantitative estimate of drug-likeness (QED) is 0.457. The van der Waals surface area contributed by atoms with Crippen molar-refractivity contribution in [3.63, 3.8) is 0 Å². The number of nitrogens with one attached hydrogen (secondary N) is 1. The molecule has 0 unspecified atom stereocenters. The van der Waals surface area contributed by atoms with Gasteiger partial charge in [-0.05, 0) is 6.42 Å². The zero-order valence-corrected chi connectivity index (χ0v) is 10.7. The fourth-order valence-electron chi connectivity index (χ4n) is 3.02. The molecule has 0 aromatic rings. The second-order valence-corrected chi connectivity index (χ2v) is 5.41. The lowest BCUT2D eigenvalue weighted by atomic mass is 9.82. The summed E-state index contributed by atoms with van der Waals surface area (Å²) in [6, 6.07) is -1.38. The van der Waals surface area contributed by atoms with Crippen LogP contribution in [0.15, 0.2) is 0 Å². The Kier molecular flexibility index (Phi) is 3.45. The van der Waals surface area contributed by atoms with E-state index in [1.54, 1.807) is 0 Å². The van der Waals surface area contributed by atoms with Gasteiger partial charge in [0.15, 0.2) is 0 Å². The van der Waals surface area contributed by atoms with Crippen LogP contribution < -0.4 is 5.32 Å². The zero-order chi connectivity index (χ0) is 15.5. The lowest BCUT2D eigenvalue weighted by Crippen LogP contribution is -2.70. The van der Waals surface area contributed by atoms with Gasteiger partial charge in [0, 0.05) is 12.8 Å². The molecule has 0 spiro atoms. The van der Waals surface area contributed by atoms with Crippen molar-refractivity contribution >= 4 is 17.6 Å². The molecule has 10 heteroatoms. The second kappa shape index (κ2) is 4.40. The number of piperidine rings is 1. The highest BCUT2D eigenvalue weighted by Crippen LogP contribution is 2.58. The summed E-state index contributed by atoms with van der Waals surface area (Å²) in [6.45, 7) is 1.02. The van der Waals surface area contributed by atoms with Crippen molar-refractivity contribution in [1.29, 1.82) is 0 Å².